The van der Waals surface area contributed by atoms with Crippen LogP contribution < -0.4 is 5.32 Å². The Morgan fingerprint density at radius 1 is 1.14 bits per heavy atom. The molecule has 0 saturated heterocycles. The van der Waals surface area contributed by atoms with Crippen molar-refractivity contribution in [2.45, 2.75) is 17.9 Å². The van der Waals surface area contributed by atoms with Gasteiger partial charge in [-0.25, -0.2) is 0 Å². The van der Waals surface area contributed by atoms with Crippen molar-refractivity contribution < 1.29 is 9.90 Å². The van der Waals surface area contributed by atoms with Gasteiger partial charge in [0.25, 0.3) is 5.91 Å². The summed E-state index contributed by atoms with van der Waals surface area (Å²) in [6.45, 7) is 2.30. The van der Waals surface area contributed by atoms with Gasteiger partial charge in [0.05, 0.1) is 6.10 Å². The van der Waals surface area contributed by atoms with Gasteiger partial charge in [-0.2, -0.15) is 0 Å². The van der Waals surface area contributed by atoms with Crippen LogP contribution in [0.4, 0.5) is 0 Å². The average molecular weight is 301 g/mol. The van der Waals surface area contributed by atoms with Crippen LogP contribution in [-0.2, 0) is 0 Å². The van der Waals surface area contributed by atoms with Crippen molar-refractivity contribution >= 4 is 17.7 Å². The van der Waals surface area contributed by atoms with Crippen molar-refractivity contribution in [3.63, 3.8) is 0 Å². The number of hydrogen-bond acceptors (Lipinski definition) is 3. The van der Waals surface area contributed by atoms with Gasteiger partial charge in [-0.1, -0.05) is 37.3 Å². The van der Waals surface area contributed by atoms with Crippen molar-refractivity contribution in [3.8, 4) is 0 Å². The van der Waals surface area contributed by atoms with Gasteiger partial charge in [0.2, 0.25) is 0 Å². The fourth-order valence-electron chi connectivity index (χ4n) is 1.95. The average Bonchev–Trinajstić information content (AvgIpc) is 2.54. The molecule has 21 heavy (non-hydrogen) atoms. The number of amides is 1. The maximum Gasteiger partial charge on any atom is 0.251 e. The van der Waals surface area contributed by atoms with Crippen LogP contribution in [0.15, 0.2) is 59.5 Å². The van der Waals surface area contributed by atoms with E-state index in [9.17, 15) is 9.90 Å². The van der Waals surface area contributed by atoms with Crippen molar-refractivity contribution in [2.75, 3.05) is 12.3 Å². The highest BCUT2D eigenvalue weighted by Gasteiger charge is 2.10. The maximum absolute atomic E-state index is 12.0. The molecular formula is C17H19NO2S. The van der Waals surface area contributed by atoms with Crippen LogP contribution in [0.2, 0.25) is 0 Å². The van der Waals surface area contributed by atoms with Gasteiger partial charge in [-0.15, -0.1) is 11.8 Å². The van der Waals surface area contributed by atoms with Crippen molar-refractivity contribution in [1.29, 1.82) is 0 Å². The summed E-state index contributed by atoms with van der Waals surface area (Å²) < 4.78 is 0. The van der Waals surface area contributed by atoms with Crippen LogP contribution in [0.25, 0.3) is 0 Å². The smallest absolute Gasteiger partial charge is 0.251 e. The molecule has 1 atom stereocenters. The summed E-state index contributed by atoms with van der Waals surface area (Å²) in [5, 5.41) is 12.8. The molecule has 3 nitrogen and oxygen atoms in total. The molecule has 1 unspecified atom stereocenters. The quantitative estimate of drug-likeness (QED) is 0.805. The molecule has 1 amide bonds. The Morgan fingerprint density at radius 3 is 2.43 bits per heavy atom. The Bertz CT molecular complexity index is 569. The lowest BCUT2D eigenvalue weighted by Gasteiger charge is -2.12. The second-order valence-corrected chi connectivity index (χ2v) is 5.93. The van der Waals surface area contributed by atoms with E-state index in [1.807, 2.05) is 54.6 Å². The van der Waals surface area contributed by atoms with Gasteiger partial charge < -0.3 is 10.4 Å². The normalized spacial score (nSPS) is 11.9. The van der Waals surface area contributed by atoms with E-state index in [0.29, 0.717) is 5.56 Å². The molecule has 0 aliphatic rings. The van der Waals surface area contributed by atoms with Crippen molar-refractivity contribution in [2.24, 2.45) is 0 Å². The molecule has 2 N–H and O–H groups in total. The predicted molar refractivity (Wildman–Crippen MR) is 86.6 cm³/mol. The number of aliphatic hydroxyl groups excluding tert-OH is 1. The van der Waals surface area contributed by atoms with Gasteiger partial charge in [0.15, 0.2) is 0 Å². The van der Waals surface area contributed by atoms with Crippen molar-refractivity contribution in [3.05, 3.63) is 65.7 Å². The number of hydrogen-bond donors (Lipinski definition) is 2. The summed E-state index contributed by atoms with van der Waals surface area (Å²) in [6.07, 6.45) is -0.690. The Hall–Kier alpha value is -1.78. The first-order valence-electron chi connectivity index (χ1n) is 6.94. The van der Waals surface area contributed by atoms with Crippen LogP contribution in [0.3, 0.4) is 0 Å². The van der Waals surface area contributed by atoms with Crippen LogP contribution in [0.5, 0.6) is 0 Å². The molecule has 0 heterocycles. The van der Waals surface area contributed by atoms with E-state index in [2.05, 4.69) is 12.2 Å². The standard InChI is InChI=1S/C17H19NO2S/c1-2-21-15-10-8-14(9-11-15)17(20)18-12-16(19)13-6-4-3-5-7-13/h3-11,16,19H,2,12H2,1H3,(H,18,20). The number of carbonyl (C=O) groups is 1. The molecule has 4 heteroatoms. The summed E-state index contributed by atoms with van der Waals surface area (Å²) >= 11 is 1.74. The number of benzene rings is 2. The third-order valence-electron chi connectivity index (χ3n) is 3.07. The Morgan fingerprint density at radius 2 is 1.81 bits per heavy atom. The zero-order valence-corrected chi connectivity index (χ0v) is 12.8. The summed E-state index contributed by atoms with van der Waals surface area (Å²) in [5.41, 5.74) is 1.41. The summed E-state index contributed by atoms with van der Waals surface area (Å²) in [5.74, 6) is 0.840. The van der Waals surface area contributed by atoms with E-state index < -0.39 is 6.10 Å². The van der Waals surface area contributed by atoms with Gasteiger partial charge in [0, 0.05) is 17.0 Å². The van der Waals surface area contributed by atoms with Gasteiger partial charge >= 0.3 is 0 Å². The molecule has 110 valence electrons. The molecule has 2 aromatic rings. The Balaban J connectivity index is 1.89. The zero-order chi connectivity index (χ0) is 15.1. The van der Waals surface area contributed by atoms with E-state index in [0.717, 1.165) is 16.2 Å². The first-order valence-corrected chi connectivity index (χ1v) is 7.93. The fourth-order valence-corrected chi connectivity index (χ4v) is 2.62. The number of aliphatic hydroxyl groups is 1. The fraction of sp³-hybridized carbons (Fsp3) is 0.235. The number of nitrogens with one attached hydrogen (secondary N) is 1. The lowest BCUT2D eigenvalue weighted by Crippen LogP contribution is -2.28. The number of rotatable bonds is 6. The van der Waals surface area contributed by atoms with E-state index in [1.165, 1.54) is 0 Å². The monoisotopic (exact) mass is 301 g/mol. The molecule has 2 rings (SSSR count). The predicted octanol–water partition coefficient (Wildman–Crippen LogP) is 3.26. The molecule has 0 aliphatic heterocycles. The lowest BCUT2D eigenvalue weighted by atomic mass is 10.1. The highest BCUT2D eigenvalue weighted by atomic mass is 32.2. The Kier molecular flexibility index (Phi) is 5.84. The highest BCUT2D eigenvalue weighted by molar-refractivity contribution is 7.99. The van der Waals surface area contributed by atoms with Crippen molar-refractivity contribution in [1.82, 2.24) is 5.32 Å². The minimum atomic E-state index is -0.690. The Labute approximate surface area is 129 Å². The molecule has 0 aliphatic carbocycles. The lowest BCUT2D eigenvalue weighted by molar-refractivity contribution is 0.0916. The molecule has 0 radical (unpaired) electrons. The molecule has 0 saturated carbocycles. The zero-order valence-electron chi connectivity index (χ0n) is 12.0. The van der Waals surface area contributed by atoms with Crippen LogP contribution in [0, 0.1) is 0 Å². The van der Waals surface area contributed by atoms with E-state index in [4.69, 9.17) is 0 Å². The van der Waals surface area contributed by atoms with Crippen LogP contribution in [-0.4, -0.2) is 23.3 Å². The van der Waals surface area contributed by atoms with Gasteiger partial charge in [-0.3, -0.25) is 4.79 Å². The SMILES string of the molecule is CCSc1ccc(C(=O)NCC(O)c2ccccc2)cc1. The molecule has 0 aromatic heterocycles. The summed E-state index contributed by atoms with van der Waals surface area (Å²) in [4.78, 5) is 13.2. The third-order valence-corrected chi connectivity index (χ3v) is 3.96. The van der Waals surface area contributed by atoms with Gasteiger partial charge in [0.1, 0.15) is 0 Å². The molecular weight excluding hydrogens is 282 g/mol. The molecule has 0 spiro atoms. The number of carbonyl (C=O) groups excluding carboxylic acids is 1. The first kappa shape index (κ1) is 15.6. The minimum Gasteiger partial charge on any atom is -0.387 e. The van der Waals surface area contributed by atoms with E-state index >= 15 is 0 Å². The van der Waals surface area contributed by atoms with E-state index in [-0.39, 0.29) is 12.5 Å². The summed E-state index contributed by atoms with van der Waals surface area (Å²) in [7, 11) is 0. The molecule has 2 aromatic carbocycles. The molecule has 0 fully saturated rings. The second kappa shape index (κ2) is 7.86. The number of thioether (sulfide) groups is 1. The summed E-state index contributed by atoms with van der Waals surface area (Å²) in [6, 6.07) is 16.8. The van der Waals surface area contributed by atoms with Crippen LogP contribution in [0.1, 0.15) is 28.9 Å². The first-order chi connectivity index (χ1) is 10.2. The highest BCUT2D eigenvalue weighted by Crippen LogP contribution is 2.18. The minimum absolute atomic E-state index is 0.168. The maximum atomic E-state index is 12.0. The second-order valence-electron chi connectivity index (χ2n) is 4.59. The largest absolute Gasteiger partial charge is 0.387 e. The molecule has 0 bridgehead atoms. The van der Waals surface area contributed by atoms with Crippen LogP contribution >= 0.6 is 11.8 Å². The van der Waals surface area contributed by atoms with Gasteiger partial charge in [-0.05, 0) is 35.6 Å². The third kappa shape index (κ3) is 4.62. The topological polar surface area (TPSA) is 49.3 Å². The van der Waals surface area contributed by atoms with E-state index in [1.54, 1.807) is 11.8 Å².